The van der Waals surface area contributed by atoms with Crippen molar-refractivity contribution >= 4 is 6.08 Å². The zero-order valence-electron chi connectivity index (χ0n) is 11.1. The molecular weight excluding hydrogens is 243 g/mol. The van der Waals surface area contributed by atoms with Gasteiger partial charge in [0.25, 0.3) is 0 Å². The Bertz CT molecular complexity index is 331. The van der Waals surface area contributed by atoms with Gasteiger partial charge in [0.2, 0.25) is 0 Å². The molecule has 0 saturated heterocycles. The van der Waals surface area contributed by atoms with E-state index in [4.69, 9.17) is 0 Å². The average molecular weight is 264 g/mol. The van der Waals surface area contributed by atoms with Crippen LogP contribution in [0.1, 0.15) is 49.8 Å². The third-order valence-corrected chi connectivity index (χ3v) is 2.79. The quantitative estimate of drug-likeness (QED) is 0.687. The summed E-state index contributed by atoms with van der Waals surface area (Å²) in [6.45, 7) is 6.20. The number of benzene rings is 1. The fourth-order valence-corrected chi connectivity index (χ4v) is 1.48. The predicted octanol–water partition coefficient (Wildman–Crippen LogP) is 4.57. The van der Waals surface area contributed by atoms with Crippen molar-refractivity contribution in [3.63, 3.8) is 0 Å². The maximum Gasteiger partial charge on any atom is 0 e. The third kappa shape index (κ3) is 6.14. The minimum atomic E-state index is 0. The van der Waals surface area contributed by atoms with Crippen LogP contribution in [-0.2, 0) is 25.0 Å². The maximum atomic E-state index is 3.21. The second-order valence-electron chi connectivity index (χ2n) is 4.10. The Kier molecular flexibility index (Phi) is 9.31. The summed E-state index contributed by atoms with van der Waals surface area (Å²) in [5.74, 6) is 0. The van der Waals surface area contributed by atoms with Crippen molar-refractivity contribution in [2.24, 2.45) is 0 Å². The maximum absolute atomic E-state index is 3.21. The van der Waals surface area contributed by atoms with Crippen LogP contribution in [0.25, 0.3) is 6.08 Å². The van der Waals surface area contributed by atoms with Crippen molar-refractivity contribution in [1.82, 2.24) is 0 Å². The largest absolute Gasteiger partial charge is 0.330 e. The molecule has 1 radical (unpaired) electrons. The molecule has 93 valence electrons. The molecule has 0 aliphatic heterocycles. The molecule has 0 aromatic heterocycles. The molecule has 0 bridgehead atoms. The smallest absolute Gasteiger partial charge is 0 e. The minimum Gasteiger partial charge on any atom is -0.330 e. The van der Waals surface area contributed by atoms with Crippen LogP contribution in [0.5, 0.6) is 0 Å². The van der Waals surface area contributed by atoms with E-state index in [1.54, 1.807) is 0 Å². The Hall–Kier alpha value is -0.456. The molecule has 0 unspecified atom stereocenters. The standard InChI is InChI=1S/C12H14.C4H7.V/c1-4-6-11-7-8-12(5-2)10(3)9-11;1-2-4-3-1;/h6,8-9H,5H2,1-3H3;1H,2-4H2;/q-2;-1;. The average Bonchev–Trinajstić information content (AvgIpc) is 2.16. The molecule has 2 rings (SSSR count). The second kappa shape index (κ2) is 9.56. The first kappa shape index (κ1) is 16.5. The summed E-state index contributed by atoms with van der Waals surface area (Å²) in [5.41, 5.74) is 3.84. The normalized spacial score (nSPS) is 13.4. The summed E-state index contributed by atoms with van der Waals surface area (Å²) in [7, 11) is 0. The van der Waals surface area contributed by atoms with Gasteiger partial charge in [0, 0.05) is 18.6 Å². The molecule has 17 heavy (non-hydrogen) atoms. The molecule has 0 amide bonds. The van der Waals surface area contributed by atoms with Crippen LogP contribution in [-0.4, -0.2) is 0 Å². The summed E-state index contributed by atoms with van der Waals surface area (Å²) in [4.78, 5) is 0. The van der Waals surface area contributed by atoms with E-state index in [-0.39, 0.29) is 18.6 Å². The van der Waals surface area contributed by atoms with Crippen molar-refractivity contribution in [2.75, 3.05) is 0 Å². The van der Waals surface area contributed by atoms with Crippen LogP contribution in [0.15, 0.2) is 12.1 Å². The molecule has 1 fully saturated rings. The van der Waals surface area contributed by atoms with Gasteiger partial charge >= 0.3 is 0 Å². The van der Waals surface area contributed by atoms with Gasteiger partial charge in [-0.05, 0) is 0 Å². The number of hydrogen-bond donors (Lipinski definition) is 0. The molecule has 1 aromatic rings. The van der Waals surface area contributed by atoms with Gasteiger partial charge in [-0.1, -0.05) is 20.3 Å². The summed E-state index contributed by atoms with van der Waals surface area (Å²) < 4.78 is 0. The number of rotatable bonds is 2. The van der Waals surface area contributed by atoms with E-state index >= 15 is 0 Å². The van der Waals surface area contributed by atoms with Gasteiger partial charge in [-0.3, -0.25) is 0 Å². The van der Waals surface area contributed by atoms with Gasteiger partial charge in [0.15, 0.2) is 0 Å². The molecule has 1 aliphatic carbocycles. The summed E-state index contributed by atoms with van der Waals surface area (Å²) in [6, 6.07) is 7.43. The Balaban J connectivity index is 0.000000433. The van der Waals surface area contributed by atoms with E-state index in [0.717, 1.165) is 12.0 Å². The molecule has 1 heteroatoms. The second-order valence-corrected chi connectivity index (χ2v) is 4.10. The van der Waals surface area contributed by atoms with Crippen LogP contribution in [0.3, 0.4) is 0 Å². The fraction of sp³-hybridized carbons (Fsp3) is 0.438. The minimum absolute atomic E-state index is 0. The molecule has 0 atom stereocenters. The van der Waals surface area contributed by atoms with Crippen molar-refractivity contribution in [3.05, 3.63) is 47.4 Å². The summed E-state index contributed by atoms with van der Waals surface area (Å²) >= 11 is 0. The molecule has 1 aliphatic rings. The van der Waals surface area contributed by atoms with E-state index in [9.17, 15) is 0 Å². The zero-order valence-corrected chi connectivity index (χ0v) is 12.5. The van der Waals surface area contributed by atoms with Crippen LogP contribution in [0, 0.1) is 25.5 Å². The first-order valence-corrected chi connectivity index (χ1v) is 6.11. The summed E-state index contributed by atoms with van der Waals surface area (Å²) in [6.07, 6.45) is 12.5. The number of allylic oxidation sites excluding steroid dienone is 1. The Morgan fingerprint density at radius 2 is 2.06 bits per heavy atom. The predicted molar refractivity (Wildman–Crippen MR) is 70.9 cm³/mol. The van der Waals surface area contributed by atoms with E-state index in [0.29, 0.717) is 0 Å². The van der Waals surface area contributed by atoms with Crippen LogP contribution >= 0.6 is 0 Å². The molecule has 0 nitrogen and oxygen atoms in total. The van der Waals surface area contributed by atoms with E-state index in [2.05, 4.69) is 44.5 Å². The van der Waals surface area contributed by atoms with E-state index in [1.165, 1.54) is 30.4 Å². The third-order valence-electron chi connectivity index (χ3n) is 2.79. The van der Waals surface area contributed by atoms with Gasteiger partial charge in [-0.15, -0.1) is 24.5 Å². The van der Waals surface area contributed by atoms with Crippen molar-refractivity contribution < 1.29 is 18.6 Å². The molecular formula is C16H21V-3. The van der Waals surface area contributed by atoms with Crippen molar-refractivity contribution in [2.45, 2.75) is 46.5 Å². The first-order valence-electron chi connectivity index (χ1n) is 6.11. The number of hydrogen-bond acceptors (Lipinski definition) is 0. The topological polar surface area (TPSA) is 0 Å². The Morgan fingerprint density at radius 3 is 2.41 bits per heavy atom. The first-order chi connectivity index (χ1) is 7.77. The van der Waals surface area contributed by atoms with Gasteiger partial charge in [-0.2, -0.15) is 18.9 Å². The monoisotopic (exact) mass is 264 g/mol. The van der Waals surface area contributed by atoms with Gasteiger partial charge in [0.05, 0.1) is 0 Å². The molecule has 1 aromatic carbocycles. The van der Waals surface area contributed by atoms with Gasteiger partial charge in [-0.25, -0.2) is 12.1 Å². The Labute approximate surface area is 118 Å². The van der Waals surface area contributed by atoms with E-state index in [1.807, 2.05) is 13.0 Å². The summed E-state index contributed by atoms with van der Waals surface area (Å²) in [5, 5.41) is 0. The van der Waals surface area contributed by atoms with Crippen LogP contribution in [0.4, 0.5) is 0 Å². The van der Waals surface area contributed by atoms with Crippen molar-refractivity contribution in [3.8, 4) is 0 Å². The van der Waals surface area contributed by atoms with Crippen molar-refractivity contribution in [1.29, 1.82) is 0 Å². The Morgan fingerprint density at radius 1 is 1.47 bits per heavy atom. The van der Waals surface area contributed by atoms with Gasteiger partial charge in [0.1, 0.15) is 0 Å². The molecule has 0 spiro atoms. The zero-order chi connectivity index (χ0) is 11.8. The fourth-order valence-electron chi connectivity index (χ4n) is 1.48. The van der Waals surface area contributed by atoms with Crippen LogP contribution in [0.2, 0.25) is 0 Å². The molecule has 0 N–H and O–H groups in total. The number of aryl methyl sites for hydroxylation is 2. The van der Waals surface area contributed by atoms with Crippen LogP contribution < -0.4 is 0 Å². The SMILES string of the molecule is C[C-]=Cc1[c-]cc(CC)c(C)c1.[CH-]1CCC1.[V]. The molecule has 0 heterocycles. The van der Waals surface area contributed by atoms with Gasteiger partial charge < -0.3 is 24.1 Å². The molecule has 1 saturated carbocycles. The van der Waals surface area contributed by atoms with E-state index < -0.39 is 0 Å².